The third-order valence-electron chi connectivity index (χ3n) is 3.81. The average molecular weight is 270 g/mol. The molecule has 0 N–H and O–H groups in total. The molecule has 104 valence electrons. The average Bonchev–Trinajstić information content (AvgIpc) is 3.02. The predicted octanol–water partition coefficient (Wildman–Crippen LogP) is 1.99. The summed E-state index contributed by atoms with van der Waals surface area (Å²) in [5.74, 6) is 1.36. The van der Waals surface area contributed by atoms with E-state index in [1.807, 2.05) is 27.8 Å². The molecule has 5 heteroatoms. The molecule has 1 aliphatic rings. The van der Waals surface area contributed by atoms with Crippen LogP contribution in [0, 0.1) is 0 Å². The van der Waals surface area contributed by atoms with E-state index in [0.29, 0.717) is 5.92 Å². The number of likely N-dealkylation sites (tertiary alicyclic amines) is 1. The monoisotopic (exact) mass is 270 g/mol. The summed E-state index contributed by atoms with van der Waals surface area (Å²) in [6, 6.07) is 6.04. The molecule has 0 radical (unpaired) electrons. The third kappa shape index (κ3) is 2.57. The number of imidazole rings is 1. The summed E-state index contributed by atoms with van der Waals surface area (Å²) >= 11 is 0. The molecule has 0 aromatic carbocycles. The first-order valence-electron chi connectivity index (χ1n) is 6.95. The lowest BCUT2D eigenvalue weighted by molar-refractivity contribution is -0.130. The van der Waals surface area contributed by atoms with E-state index >= 15 is 0 Å². The van der Waals surface area contributed by atoms with Crippen LogP contribution in [0.5, 0.6) is 0 Å². The molecule has 1 fully saturated rings. The molecular weight excluding hydrogens is 252 g/mol. The molecule has 0 unspecified atom stereocenters. The molecule has 0 spiro atoms. The highest BCUT2D eigenvalue weighted by molar-refractivity contribution is 5.73. The Morgan fingerprint density at radius 1 is 1.40 bits per heavy atom. The van der Waals surface area contributed by atoms with Crippen LogP contribution in [0.15, 0.2) is 36.9 Å². The maximum absolute atomic E-state index is 11.5. The number of amides is 1. The van der Waals surface area contributed by atoms with Crippen LogP contribution in [0.2, 0.25) is 0 Å². The number of piperidine rings is 1. The highest BCUT2D eigenvalue weighted by Crippen LogP contribution is 2.26. The van der Waals surface area contributed by atoms with Gasteiger partial charge in [-0.3, -0.25) is 9.36 Å². The van der Waals surface area contributed by atoms with Gasteiger partial charge in [0.2, 0.25) is 5.91 Å². The summed E-state index contributed by atoms with van der Waals surface area (Å²) in [4.78, 5) is 22.2. The molecular formula is C15H18N4O. The first kappa shape index (κ1) is 12.8. The number of hydrogen-bond donors (Lipinski definition) is 0. The maximum atomic E-state index is 11.5. The minimum Gasteiger partial charge on any atom is -0.342 e. The smallest absolute Gasteiger partial charge is 0.219 e. The van der Waals surface area contributed by atoms with Crippen molar-refractivity contribution in [2.45, 2.75) is 25.7 Å². The lowest BCUT2D eigenvalue weighted by Gasteiger charge is -2.31. The van der Waals surface area contributed by atoms with Crippen molar-refractivity contribution in [3.05, 3.63) is 42.6 Å². The van der Waals surface area contributed by atoms with Gasteiger partial charge in [0.15, 0.2) is 0 Å². The molecule has 0 aliphatic carbocycles. The number of aromatic nitrogens is 3. The van der Waals surface area contributed by atoms with Crippen LogP contribution in [0.25, 0.3) is 5.82 Å². The summed E-state index contributed by atoms with van der Waals surface area (Å²) in [5, 5.41) is 0. The van der Waals surface area contributed by atoms with E-state index in [1.54, 1.807) is 19.4 Å². The maximum Gasteiger partial charge on any atom is 0.219 e. The van der Waals surface area contributed by atoms with Crippen molar-refractivity contribution in [1.82, 2.24) is 19.4 Å². The van der Waals surface area contributed by atoms with Gasteiger partial charge in [-0.2, -0.15) is 0 Å². The van der Waals surface area contributed by atoms with E-state index in [0.717, 1.165) is 37.4 Å². The van der Waals surface area contributed by atoms with Crippen LogP contribution in [-0.4, -0.2) is 38.4 Å². The molecule has 20 heavy (non-hydrogen) atoms. The Morgan fingerprint density at radius 2 is 2.30 bits per heavy atom. The fourth-order valence-electron chi connectivity index (χ4n) is 2.71. The quantitative estimate of drug-likeness (QED) is 0.838. The van der Waals surface area contributed by atoms with Crippen LogP contribution in [0.4, 0.5) is 0 Å². The lowest BCUT2D eigenvalue weighted by Crippen LogP contribution is -2.37. The fourth-order valence-corrected chi connectivity index (χ4v) is 2.71. The summed E-state index contributed by atoms with van der Waals surface area (Å²) in [6.07, 6.45) is 7.50. The topological polar surface area (TPSA) is 51.0 Å². The second kappa shape index (κ2) is 5.45. The molecule has 1 aliphatic heterocycles. The van der Waals surface area contributed by atoms with Crippen molar-refractivity contribution in [3.8, 4) is 5.82 Å². The van der Waals surface area contributed by atoms with E-state index in [1.165, 1.54) is 0 Å². The lowest BCUT2D eigenvalue weighted by atomic mass is 9.94. The van der Waals surface area contributed by atoms with Crippen molar-refractivity contribution >= 4 is 5.91 Å². The first-order valence-corrected chi connectivity index (χ1v) is 6.95. The first-order chi connectivity index (χ1) is 9.74. The SMILES string of the molecule is CC(=O)N1CCC[C@@H](c2cccc(-n3ccnc3)n2)C1. The largest absolute Gasteiger partial charge is 0.342 e. The van der Waals surface area contributed by atoms with Gasteiger partial charge in [0.25, 0.3) is 0 Å². The van der Waals surface area contributed by atoms with E-state index in [2.05, 4.69) is 11.1 Å². The molecule has 1 amide bonds. The van der Waals surface area contributed by atoms with Crippen LogP contribution in [0.3, 0.4) is 0 Å². The van der Waals surface area contributed by atoms with E-state index < -0.39 is 0 Å². The summed E-state index contributed by atoms with van der Waals surface area (Å²) in [6.45, 7) is 3.28. The van der Waals surface area contributed by atoms with E-state index in [-0.39, 0.29) is 5.91 Å². The van der Waals surface area contributed by atoms with Crippen molar-refractivity contribution < 1.29 is 4.79 Å². The van der Waals surface area contributed by atoms with Crippen LogP contribution < -0.4 is 0 Å². The van der Waals surface area contributed by atoms with Crippen molar-refractivity contribution in [3.63, 3.8) is 0 Å². The molecule has 0 saturated carbocycles. The second-order valence-corrected chi connectivity index (χ2v) is 5.19. The number of pyridine rings is 1. The summed E-state index contributed by atoms with van der Waals surface area (Å²) in [5.41, 5.74) is 1.06. The zero-order chi connectivity index (χ0) is 13.9. The van der Waals surface area contributed by atoms with E-state index in [9.17, 15) is 4.79 Å². The third-order valence-corrected chi connectivity index (χ3v) is 3.81. The minimum absolute atomic E-state index is 0.153. The van der Waals surface area contributed by atoms with Crippen molar-refractivity contribution in [1.29, 1.82) is 0 Å². The van der Waals surface area contributed by atoms with Crippen molar-refractivity contribution in [2.24, 2.45) is 0 Å². The number of carbonyl (C=O) groups excluding carboxylic acids is 1. The highest BCUT2D eigenvalue weighted by atomic mass is 16.2. The molecule has 3 rings (SSSR count). The molecule has 0 bridgehead atoms. The van der Waals surface area contributed by atoms with Gasteiger partial charge >= 0.3 is 0 Å². The van der Waals surface area contributed by atoms with Crippen LogP contribution in [0.1, 0.15) is 31.4 Å². The molecule has 2 aromatic heterocycles. The standard InChI is InChI=1S/C15H18N4O/c1-12(20)18-8-3-4-13(10-18)14-5-2-6-15(17-14)19-9-7-16-11-19/h2,5-7,9,11,13H,3-4,8,10H2,1H3/t13-/m1/s1. The number of rotatable bonds is 2. The zero-order valence-corrected chi connectivity index (χ0v) is 11.6. The van der Waals surface area contributed by atoms with Crippen LogP contribution >= 0.6 is 0 Å². The predicted molar refractivity (Wildman–Crippen MR) is 75.6 cm³/mol. The van der Waals surface area contributed by atoms with Gasteiger partial charge in [0.05, 0.1) is 0 Å². The molecule has 1 saturated heterocycles. The summed E-state index contributed by atoms with van der Waals surface area (Å²) < 4.78 is 1.90. The highest BCUT2D eigenvalue weighted by Gasteiger charge is 2.23. The summed E-state index contributed by atoms with van der Waals surface area (Å²) in [7, 11) is 0. The Labute approximate surface area is 118 Å². The number of nitrogens with zero attached hydrogens (tertiary/aromatic N) is 4. The van der Waals surface area contributed by atoms with Crippen LogP contribution in [-0.2, 0) is 4.79 Å². The van der Waals surface area contributed by atoms with Crippen molar-refractivity contribution in [2.75, 3.05) is 13.1 Å². The second-order valence-electron chi connectivity index (χ2n) is 5.19. The van der Waals surface area contributed by atoms with Gasteiger partial charge in [0, 0.05) is 44.0 Å². The van der Waals surface area contributed by atoms with E-state index in [4.69, 9.17) is 4.98 Å². The Hall–Kier alpha value is -2.17. The number of carbonyl (C=O) groups is 1. The minimum atomic E-state index is 0.153. The van der Waals surface area contributed by atoms with Gasteiger partial charge in [0.1, 0.15) is 12.1 Å². The molecule has 1 atom stereocenters. The molecule has 2 aromatic rings. The van der Waals surface area contributed by atoms with Gasteiger partial charge in [-0.05, 0) is 25.0 Å². The van der Waals surface area contributed by atoms with Gasteiger partial charge in [-0.25, -0.2) is 9.97 Å². The Balaban J connectivity index is 1.83. The van der Waals surface area contributed by atoms with Gasteiger partial charge in [-0.15, -0.1) is 0 Å². The molecule has 5 nitrogen and oxygen atoms in total. The molecule has 3 heterocycles. The Bertz CT molecular complexity index is 594. The normalized spacial score (nSPS) is 19.1. The zero-order valence-electron chi connectivity index (χ0n) is 11.6. The number of hydrogen-bond acceptors (Lipinski definition) is 3. The Kier molecular flexibility index (Phi) is 3.50. The fraction of sp³-hybridized carbons (Fsp3) is 0.400. The Morgan fingerprint density at radius 3 is 3.05 bits per heavy atom. The van der Waals surface area contributed by atoms with Gasteiger partial charge < -0.3 is 4.90 Å². The van der Waals surface area contributed by atoms with Gasteiger partial charge in [-0.1, -0.05) is 6.07 Å².